The Morgan fingerprint density at radius 1 is 0.881 bits per heavy atom. The summed E-state index contributed by atoms with van der Waals surface area (Å²) >= 11 is 0. The van der Waals surface area contributed by atoms with E-state index in [1.165, 1.54) is 5.56 Å². The molecule has 1 amide bonds. The van der Waals surface area contributed by atoms with Gasteiger partial charge in [-0.25, -0.2) is 0 Å². The quantitative estimate of drug-likeness (QED) is 0.260. The van der Waals surface area contributed by atoms with E-state index in [0.717, 1.165) is 33.8 Å². The fourth-order valence-electron chi connectivity index (χ4n) is 5.99. The number of aromatic nitrogens is 1. The monoisotopic (exact) mass is 553 g/mol. The normalized spacial score (nSPS) is 18.7. The van der Waals surface area contributed by atoms with Crippen LogP contribution in [0.1, 0.15) is 67.8 Å². The number of nitrogens with one attached hydrogen (secondary N) is 1. The molecule has 6 rings (SSSR count). The summed E-state index contributed by atoms with van der Waals surface area (Å²) in [5, 5.41) is 3.61. The Morgan fingerprint density at radius 3 is 2.33 bits per heavy atom. The van der Waals surface area contributed by atoms with Crippen molar-refractivity contribution in [2.45, 2.75) is 51.0 Å². The number of ketones is 1. The summed E-state index contributed by atoms with van der Waals surface area (Å²) in [5.41, 5.74) is 7.22. The zero-order chi connectivity index (χ0) is 29.3. The zero-order valence-electron chi connectivity index (χ0n) is 24.2. The molecule has 0 bridgehead atoms. The number of anilines is 2. The number of hydrogen-bond donors (Lipinski definition) is 1. The molecule has 5 heteroatoms. The molecule has 2 heterocycles. The van der Waals surface area contributed by atoms with Crippen molar-refractivity contribution in [1.29, 1.82) is 0 Å². The van der Waals surface area contributed by atoms with Gasteiger partial charge >= 0.3 is 0 Å². The van der Waals surface area contributed by atoms with Gasteiger partial charge in [0, 0.05) is 36.2 Å². The number of hydrogen-bond acceptors (Lipinski definition) is 4. The molecule has 1 aliphatic carbocycles. The zero-order valence-corrected chi connectivity index (χ0v) is 24.2. The Hall–Kier alpha value is -4.77. The van der Waals surface area contributed by atoms with Crippen molar-refractivity contribution in [2.75, 3.05) is 10.2 Å². The van der Waals surface area contributed by atoms with Gasteiger partial charge in [0.2, 0.25) is 0 Å². The summed E-state index contributed by atoms with van der Waals surface area (Å²) < 4.78 is 0. The van der Waals surface area contributed by atoms with E-state index in [4.69, 9.17) is 0 Å². The predicted molar refractivity (Wildman–Crippen MR) is 169 cm³/mol. The minimum Gasteiger partial charge on any atom is -0.357 e. The maximum absolute atomic E-state index is 14.2. The van der Waals surface area contributed by atoms with Gasteiger partial charge in [0.25, 0.3) is 5.91 Å². The number of nitrogens with zero attached hydrogens (tertiary/aromatic N) is 2. The van der Waals surface area contributed by atoms with Crippen LogP contribution in [0.4, 0.5) is 11.4 Å². The Morgan fingerprint density at radius 2 is 1.62 bits per heavy atom. The van der Waals surface area contributed by atoms with Gasteiger partial charge in [-0.15, -0.1) is 0 Å². The standard InChI is InChI=1S/C37H35N3O2/c1-37(2,3)29-18-16-26(17-19-29)28-22-31-35(33(41)23-28)36(27-12-9-21-38-24-27)40(32-14-8-7-13-30(32)39-31)34(42)20-15-25-10-5-4-6-11-25/h4-21,24,28,36,39H,22-23H2,1-3H3. The molecule has 0 saturated carbocycles. The highest BCUT2D eigenvalue weighted by molar-refractivity contribution is 6.10. The molecule has 0 radical (unpaired) electrons. The Bertz CT molecular complexity index is 1670. The van der Waals surface area contributed by atoms with Crippen LogP contribution < -0.4 is 10.2 Å². The van der Waals surface area contributed by atoms with Crippen molar-refractivity contribution >= 4 is 29.1 Å². The van der Waals surface area contributed by atoms with Crippen molar-refractivity contribution in [1.82, 2.24) is 4.98 Å². The Kier molecular flexibility index (Phi) is 7.34. The number of carbonyl (C=O) groups excluding carboxylic acids is 2. The predicted octanol–water partition coefficient (Wildman–Crippen LogP) is 7.99. The highest BCUT2D eigenvalue weighted by atomic mass is 16.2. The van der Waals surface area contributed by atoms with Gasteiger partial charge in [-0.1, -0.05) is 93.6 Å². The smallest absolute Gasteiger partial charge is 0.251 e. The van der Waals surface area contributed by atoms with Crippen molar-refractivity contribution in [3.05, 3.63) is 143 Å². The van der Waals surface area contributed by atoms with E-state index in [0.29, 0.717) is 18.4 Å². The maximum atomic E-state index is 14.2. The summed E-state index contributed by atoms with van der Waals surface area (Å²) in [6.07, 6.45) is 7.93. The van der Waals surface area contributed by atoms with Crippen LogP contribution >= 0.6 is 0 Å². The summed E-state index contributed by atoms with van der Waals surface area (Å²) in [4.78, 5) is 34.4. The molecular weight excluding hydrogens is 518 g/mol. The molecule has 4 aromatic rings. The van der Waals surface area contributed by atoms with Crippen molar-refractivity contribution in [3.8, 4) is 0 Å². The molecule has 2 atom stereocenters. The van der Waals surface area contributed by atoms with Crippen molar-refractivity contribution in [2.24, 2.45) is 0 Å². The van der Waals surface area contributed by atoms with Crippen molar-refractivity contribution < 1.29 is 9.59 Å². The van der Waals surface area contributed by atoms with E-state index in [1.54, 1.807) is 23.4 Å². The number of amides is 1. The number of benzene rings is 3. The second-order valence-corrected chi connectivity index (χ2v) is 12.1. The van der Waals surface area contributed by atoms with E-state index in [9.17, 15) is 9.59 Å². The van der Waals surface area contributed by atoms with E-state index in [-0.39, 0.29) is 23.0 Å². The molecule has 1 N–H and O–H groups in total. The van der Waals surface area contributed by atoms with E-state index < -0.39 is 6.04 Å². The van der Waals surface area contributed by atoms with Crippen LogP contribution in [0.5, 0.6) is 0 Å². The molecule has 0 fully saturated rings. The van der Waals surface area contributed by atoms with Gasteiger partial charge in [-0.2, -0.15) is 0 Å². The summed E-state index contributed by atoms with van der Waals surface area (Å²) in [5.74, 6) is -0.122. The number of rotatable bonds is 4. The summed E-state index contributed by atoms with van der Waals surface area (Å²) in [7, 11) is 0. The average molecular weight is 554 g/mol. The molecule has 1 aliphatic heterocycles. The SMILES string of the molecule is CC(C)(C)c1ccc(C2CC(=O)C3=C(C2)Nc2ccccc2N(C(=O)C=Cc2ccccc2)C3c2cccnc2)cc1. The molecule has 0 saturated heterocycles. The lowest BCUT2D eigenvalue weighted by molar-refractivity contribution is -0.116. The number of Topliss-reactive ketones (excluding diaryl/α,β-unsaturated/α-hetero) is 1. The lowest BCUT2D eigenvalue weighted by Gasteiger charge is -2.34. The molecular formula is C37H35N3O2. The molecule has 1 aromatic heterocycles. The number of para-hydroxylation sites is 2. The fraction of sp³-hybridized carbons (Fsp3) is 0.216. The molecule has 210 valence electrons. The molecule has 5 nitrogen and oxygen atoms in total. The van der Waals surface area contributed by atoms with Gasteiger partial charge in [-0.05, 0) is 64.3 Å². The average Bonchev–Trinajstić information content (AvgIpc) is 3.15. The second kappa shape index (κ2) is 11.2. The van der Waals surface area contributed by atoms with Crippen LogP contribution in [0.15, 0.2) is 121 Å². The third kappa shape index (κ3) is 5.42. The van der Waals surface area contributed by atoms with E-state index in [2.05, 4.69) is 55.3 Å². The van der Waals surface area contributed by atoms with Crippen LogP contribution in [-0.4, -0.2) is 16.7 Å². The second-order valence-electron chi connectivity index (χ2n) is 12.1. The molecule has 0 spiro atoms. The third-order valence-corrected chi connectivity index (χ3v) is 8.19. The first-order valence-corrected chi connectivity index (χ1v) is 14.5. The Labute approximate surface area is 247 Å². The largest absolute Gasteiger partial charge is 0.357 e. The molecule has 2 aliphatic rings. The van der Waals surface area contributed by atoms with Gasteiger partial charge < -0.3 is 5.32 Å². The molecule has 42 heavy (non-hydrogen) atoms. The third-order valence-electron chi connectivity index (χ3n) is 8.19. The van der Waals surface area contributed by atoms with Gasteiger partial charge in [0.1, 0.15) is 0 Å². The lowest BCUT2D eigenvalue weighted by Crippen LogP contribution is -2.37. The molecule has 2 unspecified atom stereocenters. The lowest BCUT2D eigenvalue weighted by atomic mass is 9.77. The van der Waals surface area contributed by atoms with Crippen LogP contribution in [0, 0.1) is 0 Å². The fourth-order valence-corrected chi connectivity index (χ4v) is 5.99. The van der Waals surface area contributed by atoms with E-state index >= 15 is 0 Å². The highest BCUT2D eigenvalue weighted by Crippen LogP contribution is 2.47. The topological polar surface area (TPSA) is 62.3 Å². The van der Waals surface area contributed by atoms with Crippen LogP contribution in [0.3, 0.4) is 0 Å². The minimum atomic E-state index is -0.616. The molecule has 3 aromatic carbocycles. The van der Waals surface area contributed by atoms with Gasteiger partial charge in [0.15, 0.2) is 5.78 Å². The number of fused-ring (bicyclic) bond motifs is 1. The van der Waals surface area contributed by atoms with Crippen molar-refractivity contribution in [3.63, 3.8) is 0 Å². The van der Waals surface area contributed by atoms with Gasteiger partial charge in [0.05, 0.1) is 17.4 Å². The Balaban J connectivity index is 1.45. The van der Waals surface area contributed by atoms with Crippen LogP contribution in [0.2, 0.25) is 0 Å². The van der Waals surface area contributed by atoms with Crippen LogP contribution in [-0.2, 0) is 15.0 Å². The maximum Gasteiger partial charge on any atom is 0.251 e. The number of allylic oxidation sites excluding steroid dienone is 1. The number of pyridine rings is 1. The number of carbonyl (C=O) groups is 2. The first kappa shape index (κ1) is 27.4. The van der Waals surface area contributed by atoms with Crippen LogP contribution in [0.25, 0.3) is 6.08 Å². The van der Waals surface area contributed by atoms with E-state index in [1.807, 2.05) is 72.8 Å². The minimum absolute atomic E-state index is 0.0414. The summed E-state index contributed by atoms with van der Waals surface area (Å²) in [6.45, 7) is 6.62. The summed E-state index contributed by atoms with van der Waals surface area (Å²) in [6, 6.07) is 29.4. The first-order valence-electron chi connectivity index (χ1n) is 14.5. The first-order chi connectivity index (χ1) is 20.3. The van der Waals surface area contributed by atoms with Gasteiger partial charge in [-0.3, -0.25) is 19.5 Å². The highest BCUT2D eigenvalue weighted by Gasteiger charge is 2.41.